The van der Waals surface area contributed by atoms with Crippen LogP contribution in [0.3, 0.4) is 0 Å². The molecule has 1 saturated heterocycles. The molecule has 0 aliphatic carbocycles. The minimum Gasteiger partial charge on any atom is -0.323 e. The van der Waals surface area contributed by atoms with Gasteiger partial charge in [0.2, 0.25) is 12.2 Å². The highest BCUT2D eigenvalue weighted by Gasteiger charge is 2.32. The van der Waals surface area contributed by atoms with Crippen LogP contribution in [0.15, 0.2) is 36.4 Å². The van der Waals surface area contributed by atoms with Gasteiger partial charge in [0.1, 0.15) is 6.54 Å². The first-order valence-electron chi connectivity index (χ1n) is 8.53. The number of carbonyl (C=O) groups is 3. The molecule has 1 aliphatic rings. The van der Waals surface area contributed by atoms with Gasteiger partial charge in [-0.05, 0) is 30.9 Å². The Hall–Kier alpha value is -2.96. The smallest absolute Gasteiger partial charge is 0.323 e. The first-order valence-corrected chi connectivity index (χ1v) is 8.53. The minimum atomic E-state index is -0.641. The average Bonchev–Trinajstić information content (AvgIpc) is 2.67. The van der Waals surface area contributed by atoms with Gasteiger partial charge in [-0.2, -0.15) is 5.01 Å². The molecule has 1 aromatic carbocycles. The van der Waals surface area contributed by atoms with Crippen LogP contribution in [0.25, 0.3) is 6.08 Å². The molecule has 1 heterocycles. The van der Waals surface area contributed by atoms with Crippen LogP contribution in [0.2, 0.25) is 0 Å². The van der Waals surface area contributed by atoms with Gasteiger partial charge in [0.15, 0.2) is 0 Å². The molecule has 0 aromatic heterocycles. The Morgan fingerprint density at radius 1 is 1.12 bits per heavy atom. The van der Waals surface area contributed by atoms with Crippen LogP contribution in [0.5, 0.6) is 0 Å². The predicted molar refractivity (Wildman–Crippen MR) is 96.2 cm³/mol. The van der Waals surface area contributed by atoms with Crippen molar-refractivity contribution in [2.24, 2.45) is 0 Å². The van der Waals surface area contributed by atoms with Crippen molar-refractivity contribution in [1.82, 2.24) is 14.9 Å². The van der Waals surface area contributed by atoms with E-state index in [0.29, 0.717) is 13.1 Å². The van der Waals surface area contributed by atoms with E-state index in [2.05, 4.69) is 0 Å². The number of likely N-dealkylation sites (tertiary alicyclic amines) is 1. The largest absolute Gasteiger partial charge is 0.346 e. The van der Waals surface area contributed by atoms with Gasteiger partial charge in [-0.25, -0.2) is 9.80 Å². The first kappa shape index (κ1) is 19.4. The molecule has 0 bridgehead atoms. The van der Waals surface area contributed by atoms with E-state index in [1.165, 1.54) is 17.9 Å². The number of benzene rings is 1. The number of hydrazine groups is 1. The minimum absolute atomic E-state index is 0.503. The average molecular weight is 356 g/mol. The SMILES string of the molecule is CC(=O)N(C(=O)N1CCCCC1)N(C[C]=O)C(=O)C=Cc1ccccc1. The van der Waals surface area contributed by atoms with Crippen LogP contribution in [0, 0.1) is 0 Å². The van der Waals surface area contributed by atoms with E-state index in [9.17, 15) is 19.2 Å². The van der Waals surface area contributed by atoms with Crippen molar-refractivity contribution >= 4 is 30.2 Å². The summed E-state index contributed by atoms with van der Waals surface area (Å²) in [6.07, 6.45) is 7.10. The third kappa shape index (κ3) is 5.02. The first-order chi connectivity index (χ1) is 12.5. The summed E-state index contributed by atoms with van der Waals surface area (Å²) >= 11 is 0. The van der Waals surface area contributed by atoms with Gasteiger partial charge in [0.05, 0.1) is 0 Å². The number of amides is 4. The lowest BCUT2D eigenvalue weighted by molar-refractivity contribution is -0.152. The second-order valence-corrected chi connectivity index (χ2v) is 5.95. The van der Waals surface area contributed by atoms with Crippen molar-refractivity contribution in [3.63, 3.8) is 0 Å². The van der Waals surface area contributed by atoms with Crippen LogP contribution in [0.1, 0.15) is 31.7 Å². The molecular weight excluding hydrogens is 334 g/mol. The number of carbonyl (C=O) groups excluding carboxylic acids is 4. The molecule has 0 saturated carbocycles. The zero-order valence-corrected chi connectivity index (χ0v) is 14.8. The number of hydrogen-bond donors (Lipinski definition) is 0. The fourth-order valence-corrected chi connectivity index (χ4v) is 2.75. The molecule has 1 aromatic rings. The Balaban J connectivity index is 2.21. The lowest BCUT2D eigenvalue weighted by atomic mass is 10.1. The zero-order valence-electron chi connectivity index (χ0n) is 14.8. The summed E-state index contributed by atoms with van der Waals surface area (Å²) < 4.78 is 0. The Morgan fingerprint density at radius 3 is 2.35 bits per heavy atom. The maximum absolute atomic E-state index is 12.7. The molecular formula is C19H22N3O4. The quantitative estimate of drug-likeness (QED) is 0.611. The fourth-order valence-electron chi connectivity index (χ4n) is 2.75. The number of urea groups is 1. The van der Waals surface area contributed by atoms with Gasteiger partial charge in [-0.1, -0.05) is 30.3 Å². The summed E-state index contributed by atoms with van der Waals surface area (Å²) in [4.78, 5) is 49.7. The van der Waals surface area contributed by atoms with Crippen molar-refractivity contribution in [2.45, 2.75) is 26.2 Å². The summed E-state index contributed by atoms with van der Waals surface area (Å²) in [5.74, 6) is -1.27. The predicted octanol–water partition coefficient (Wildman–Crippen LogP) is 2.01. The second-order valence-electron chi connectivity index (χ2n) is 5.95. The fraction of sp³-hybridized carbons (Fsp3) is 0.368. The third-order valence-corrected chi connectivity index (χ3v) is 4.03. The molecule has 2 rings (SSSR count). The molecule has 0 unspecified atom stereocenters. The molecule has 26 heavy (non-hydrogen) atoms. The van der Waals surface area contributed by atoms with Crippen molar-refractivity contribution in [3.8, 4) is 0 Å². The Labute approximate surface area is 152 Å². The highest BCUT2D eigenvalue weighted by Crippen LogP contribution is 2.14. The van der Waals surface area contributed by atoms with E-state index in [1.54, 1.807) is 12.4 Å². The third-order valence-electron chi connectivity index (χ3n) is 4.03. The molecule has 1 radical (unpaired) electrons. The van der Waals surface area contributed by atoms with Gasteiger partial charge in [0, 0.05) is 26.1 Å². The molecule has 4 amide bonds. The molecule has 1 fully saturated rings. The van der Waals surface area contributed by atoms with Gasteiger partial charge in [-0.15, -0.1) is 0 Å². The topological polar surface area (TPSA) is 78.0 Å². The maximum atomic E-state index is 12.7. The molecule has 7 heteroatoms. The normalized spacial score (nSPS) is 14.1. The summed E-state index contributed by atoms with van der Waals surface area (Å²) in [6, 6.07) is 8.52. The molecule has 1 aliphatic heterocycles. The Kier molecular flexibility index (Phi) is 7.08. The monoisotopic (exact) mass is 356 g/mol. The number of hydrogen-bond acceptors (Lipinski definition) is 4. The van der Waals surface area contributed by atoms with Crippen molar-refractivity contribution in [3.05, 3.63) is 42.0 Å². The van der Waals surface area contributed by atoms with Crippen LogP contribution in [-0.2, 0) is 14.4 Å². The van der Waals surface area contributed by atoms with Crippen LogP contribution < -0.4 is 0 Å². The second kappa shape index (κ2) is 9.50. The highest BCUT2D eigenvalue weighted by molar-refractivity contribution is 5.99. The van der Waals surface area contributed by atoms with Gasteiger partial charge < -0.3 is 4.90 Å². The molecule has 7 nitrogen and oxygen atoms in total. The van der Waals surface area contributed by atoms with E-state index in [4.69, 9.17) is 0 Å². The van der Waals surface area contributed by atoms with E-state index < -0.39 is 24.4 Å². The van der Waals surface area contributed by atoms with E-state index in [1.807, 2.05) is 30.3 Å². The summed E-state index contributed by atoms with van der Waals surface area (Å²) in [6.45, 7) is 1.73. The van der Waals surface area contributed by atoms with Gasteiger partial charge in [-0.3, -0.25) is 14.4 Å². The Morgan fingerprint density at radius 2 is 1.77 bits per heavy atom. The van der Waals surface area contributed by atoms with Gasteiger partial charge in [0.25, 0.3) is 5.91 Å². The van der Waals surface area contributed by atoms with Crippen LogP contribution >= 0.6 is 0 Å². The van der Waals surface area contributed by atoms with Crippen LogP contribution in [0.4, 0.5) is 4.79 Å². The number of piperidine rings is 1. The number of nitrogens with zero attached hydrogens (tertiary/aromatic N) is 3. The van der Waals surface area contributed by atoms with E-state index >= 15 is 0 Å². The standard InChI is InChI=1S/C19H22N3O4/c1-16(24)22(19(26)20-12-6-3-7-13-20)21(14-15-23)18(25)11-10-17-8-4-2-5-9-17/h2,4-5,8-11H,3,6-7,12-14H2,1H3. The molecule has 0 atom stereocenters. The summed E-state index contributed by atoms with van der Waals surface area (Å²) in [5, 5.41) is 1.56. The lowest BCUT2D eigenvalue weighted by Gasteiger charge is -2.36. The molecule has 0 spiro atoms. The lowest BCUT2D eigenvalue weighted by Crippen LogP contribution is -2.57. The number of rotatable bonds is 4. The van der Waals surface area contributed by atoms with Crippen molar-refractivity contribution in [1.29, 1.82) is 0 Å². The van der Waals surface area contributed by atoms with Crippen molar-refractivity contribution < 1.29 is 19.2 Å². The maximum Gasteiger partial charge on any atom is 0.346 e. The molecule has 137 valence electrons. The summed E-state index contributed by atoms with van der Waals surface area (Å²) in [7, 11) is 0. The van der Waals surface area contributed by atoms with Gasteiger partial charge >= 0.3 is 6.03 Å². The van der Waals surface area contributed by atoms with E-state index in [-0.39, 0.29) is 0 Å². The number of imide groups is 1. The molecule has 0 N–H and O–H groups in total. The summed E-state index contributed by atoms with van der Waals surface area (Å²) in [5.41, 5.74) is 0.785. The zero-order chi connectivity index (χ0) is 18.9. The highest BCUT2D eigenvalue weighted by atomic mass is 16.2. The van der Waals surface area contributed by atoms with Crippen LogP contribution in [-0.4, -0.2) is 58.7 Å². The Bertz CT molecular complexity index is 681. The van der Waals surface area contributed by atoms with E-state index in [0.717, 1.165) is 34.8 Å². The van der Waals surface area contributed by atoms with Crippen molar-refractivity contribution in [2.75, 3.05) is 19.6 Å².